The van der Waals surface area contributed by atoms with Crippen molar-refractivity contribution < 1.29 is 26.5 Å². The van der Waals surface area contributed by atoms with Crippen molar-refractivity contribution in [3.63, 3.8) is 0 Å². The van der Waals surface area contributed by atoms with E-state index >= 15 is 0 Å². The number of para-hydroxylation sites is 10. The molecule has 0 saturated carbocycles. The van der Waals surface area contributed by atoms with Crippen LogP contribution < -0.4 is 0 Å². The summed E-state index contributed by atoms with van der Waals surface area (Å²) in [5.41, 5.74) is 41.0. The van der Waals surface area contributed by atoms with Gasteiger partial charge in [0.1, 0.15) is 66.8 Å². The molecule has 0 unspecified atom stereocenters. The summed E-state index contributed by atoms with van der Waals surface area (Å²) in [4.78, 5) is 0. The molecule has 9 heterocycles. The first kappa shape index (κ1) is 80.5. The Morgan fingerprint density at radius 3 is 0.887 bits per heavy atom. The fourth-order valence-electron chi connectivity index (χ4n) is 22.1. The smallest absolute Gasteiger partial charge is 0.161 e. The first-order valence-electron chi connectivity index (χ1n) is 47.8. The van der Waals surface area contributed by atoms with Crippen molar-refractivity contribution in [1.82, 2.24) is 13.7 Å². The van der Waals surface area contributed by atoms with Crippen LogP contribution in [0.3, 0.4) is 0 Å². The standard InChI is InChI=1S/3C44H27NO2/c1-3-14-28(15-4-1)30-21-11-24-35-36-25-12-23-34(43(36)47-42(30)35)32-19-8-7-18-31(32)33-22-13-27-39-40(33)41-44(46-39)37-20-9-10-26-38(37)45(41)29-16-5-2-6-17-29;1-3-13-28(14-4-1)32-20-11-22-36-41-34(21-12-24-40(41)47-43(32)36)33-18-8-7-17-31(33)29-25-26-39-37(27-29)42-44(46-39)35-19-9-10-23-38(35)45(42)30-15-5-2-6-16-30;1-3-12-28(13-4-1)29-22-24-40-37(26-29)35-20-11-19-34(43(35)46-40)33-17-8-7-16-32(33)30-23-25-41-38(27-30)42-44(47-41)36-18-9-10-21-39(36)45(42)31-14-5-2-6-15-31/h3*1-27H. The Balaban J connectivity index is 0.000000104. The van der Waals surface area contributed by atoms with Gasteiger partial charge in [0.15, 0.2) is 16.7 Å². The molecule has 141 heavy (non-hydrogen) atoms. The van der Waals surface area contributed by atoms with Crippen molar-refractivity contribution in [2.75, 3.05) is 0 Å². The molecule has 0 atom stereocenters. The maximum atomic E-state index is 6.85. The molecule has 9 heteroatoms. The van der Waals surface area contributed by atoms with Gasteiger partial charge < -0.3 is 40.2 Å². The molecule has 9 nitrogen and oxygen atoms in total. The lowest BCUT2D eigenvalue weighted by molar-refractivity contribution is 0.669. The van der Waals surface area contributed by atoms with E-state index in [9.17, 15) is 0 Å². The summed E-state index contributed by atoms with van der Waals surface area (Å²) < 4.78 is 46.9. The van der Waals surface area contributed by atoms with E-state index in [1.807, 2.05) is 12.1 Å². The van der Waals surface area contributed by atoms with E-state index in [0.717, 1.165) is 271 Å². The minimum absolute atomic E-state index is 0.868. The van der Waals surface area contributed by atoms with E-state index < -0.39 is 0 Å². The molecule has 0 aliphatic carbocycles. The molecular formula is C132H81N3O6. The Bertz CT molecular complexity index is 10200. The molecule has 660 valence electrons. The normalized spacial score (nSPS) is 11.8. The van der Waals surface area contributed by atoms with E-state index in [4.69, 9.17) is 26.5 Å². The minimum Gasteiger partial charge on any atom is -0.455 e. The Labute approximate surface area is 807 Å². The van der Waals surface area contributed by atoms with Crippen molar-refractivity contribution in [1.29, 1.82) is 0 Å². The van der Waals surface area contributed by atoms with Gasteiger partial charge in [-0.25, -0.2) is 0 Å². The number of nitrogens with zero attached hydrogens (tertiary/aromatic N) is 3. The lowest BCUT2D eigenvalue weighted by Crippen LogP contribution is -1.94. The van der Waals surface area contributed by atoms with Crippen molar-refractivity contribution in [3.05, 3.63) is 491 Å². The van der Waals surface area contributed by atoms with Gasteiger partial charge in [-0.15, -0.1) is 0 Å². The van der Waals surface area contributed by atoms with Crippen LogP contribution in [0.5, 0.6) is 0 Å². The van der Waals surface area contributed by atoms with E-state index in [1.165, 1.54) is 11.1 Å². The van der Waals surface area contributed by atoms with Gasteiger partial charge in [-0.1, -0.05) is 370 Å². The summed E-state index contributed by atoms with van der Waals surface area (Å²) in [6.07, 6.45) is 0. The highest BCUT2D eigenvalue weighted by molar-refractivity contribution is 6.24. The van der Waals surface area contributed by atoms with Crippen LogP contribution in [-0.2, 0) is 0 Å². The number of aromatic nitrogens is 3. The fraction of sp³-hybridized carbons (Fsp3) is 0. The van der Waals surface area contributed by atoms with Crippen molar-refractivity contribution in [3.8, 4) is 117 Å². The average molecular weight is 1810 g/mol. The number of furan rings is 6. The molecule has 0 N–H and O–H groups in total. The van der Waals surface area contributed by atoms with Crippen molar-refractivity contribution in [2.45, 2.75) is 0 Å². The number of hydrogen-bond donors (Lipinski definition) is 0. The summed E-state index contributed by atoms with van der Waals surface area (Å²) >= 11 is 0. The molecule has 21 aromatic carbocycles. The molecule has 0 bridgehead atoms. The lowest BCUT2D eigenvalue weighted by atomic mass is 9.91. The Hall–Kier alpha value is -19.0. The molecule has 9 aromatic heterocycles. The first-order valence-corrected chi connectivity index (χ1v) is 47.8. The van der Waals surface area contributed by atoms with Crippen LogP contribution in [0.2, 0.25) is 0 Å². The van der Waals surface area contributed by atoms with E-state index in [1.54, 1.807) is 0 Å². The molecule has 30 aromatic rings. The number of hydrogen-bond acceptors (Lipinski definition) is 6. The molecule has 0 fully saturated rings. The summed E-state index contributed by atoms with van der Waals surface area (Å²) in [6.45, 7) is 0. The monoisotopic (exact) mass is 1800 g/mol. The highest BCUT2D eigenvalue weighted by Crippen LogP contribution is 2.52. The second-order valence-electron chi connectivity index (χ2n) is 36.2. The Morgan fingerprint density at radius 2 is 0.404 bits per heavy atom. The van der Waals surface area contributed by atoms with Crippen LogP contribution in [-0.4, -0.2) is 13.7 Å². The van der Waals surface area contributed by atoms with Gasteiger partial charge in [0.2, 0.25) is 0 Å². The number of rotatable bonds is 12. The molecule has 0 aliphatic rings. The summed E-state index contributed by atoms with van der Waals surface area (Å²) in [6, 6.07) is 173. The topological polar surface area (TPSA) is 93.6 Å². The van der Waals surface area contributed by atoms with Crippen LogP contribution >= 0.6 is 0 Å². The second-order valence-corrected chi connectivity index (χ2v) is 36.2. The molecule has 0 spiro atoms. The maximum Gasteiger partial charge on any atom is 0.161 e. The summed E-state index contributed by atoms with van der Waals surface area (Å²) in [5, 5.41) is 13.3. The molecule has 0 saturated heterocycles. The highest BCUT2D eigenvalue weighted by Gasteiger charge is 2.29. The number of fused-ring (bicyclic) bond motifs is 24. The van der Waals surface area contributed by atoms with Crippen LogP contribution in [0, 0.1) is 0 Å². The maximum absolute atomic E-state index is 6.85. The Kier molecular flexibility index (Phi) is 18.8. The second kappa shape index (κ2) is 33.0. The van der Waals surface area contributed by atoms with Gasteiger partial charge in [0, 0.05) is 98.6 Å². The molecule has 0 radical (unpaired) electrons. The van der Waals surface area contributed by atoms with Crippen LogP contribution in [0.15, 0.2) is 518 Å². The highest BCUT2D eigenvalue weighted by atomic mass is 16.4. The van der Waals surface area contributed by atoms with Crippen LogP contribution in [0.25, 0.3) is 282 Å². The summed E-state index contributed by atoms with van der Waals surface area (Å²) in [5.74, 6) is 0. The van der Waals surface area contributed by atoms with Crippen LogP contribution in [0.4, 0.5) is 0 Å². The zero-order valence-corrected chi connectivity index (χ0v) is 76.1. The Morgan fingerprint density at radius 1 is 0.128 bits per heavy atom. The zero-order valence-electron chi connectivity index (χ0n) is 76.1. The molecule has 0 aliphatic heterocycles. The van der Waals surface area contributed by atoms with Gasteiger partial charge in [-0.05, 0) is 199 Å². The van der Waals surface area contributed by atoms with Gasteiger partial charge in [0.25, 0.3) is 0 Å². The predicted molar refractivity (Wildman–Crippen MR) is 582 cm³/mol. The summed E-state index contributed by atoms with van der Waals surface area (Å²) in [7, 11) is 0. The van der Waals surface area contributed by atoms with E-state index in [-0.39, 0.29) is 0 Å². The van der Waals surface area contributed by atoms with Crippen molar-refractivity contribution in [2.24, 2.45) is 0 Å². The van der Waals surface area contributed by atoms with E-state index in [0.29, 0.717) is 0 Å². The van der Waals surface area contributed by atoms with Gasteiger partial charge in [0.05, 0.1) is 21.9 Å². The molecule has 0 amide bonds. The minimum atomic E-state index is 0.868. The van der Waals surface area contributed by atoms with Gasteiger partial charge in [-0.3, -0.25) is 0 Å². The van der Waals surface area contributed by atoms with Gasteiger partial charge >= 0.3 is 0 Å². The third kappa shape index (κ3) is 13.1. The number of benzene rings is 21. The molecular weight excluding hydrogens is 1720 g/mol. The quantitative estimate of drug-likeness (QED) is 0.121. The fourth-order valence-corrected chi connectivity index (χ4v) is 22.1. The van der Waals surface area contributed by atoms with E-state index in [2.05, 4.69) is 493 Å². The molecule has 30 rings (SSSR count). The third-order valence-electron chi connectivity index (χ3n) is 28.3. The lowest BCUT2D eigenvalue weighted by Gasteiger charge is -2.13. The first-order chi connectivity index (χ1) is 70.0. The predicted octanol–water partition coefficient (Wildman–Crippen LogP) is 37.3. The third-order valence-corrected chi connectivity index (χ3v) is 28.3. The van der Waals surface area contributed by atoms with Crippen LogP contribution in [0.1, 0.15) is 0 Å². The zero-order chi connectivity index (χ0) is 92.7. The average Bonchev–Trinajstić information content (AvgIpc) is 1.59. The SMILES string of the molecule is c1ccc(-c2ccc3oc4c(-c5ccccc5-c5ccc6oc7c8ccccc8n(-c8ccccc8)c7c6c5)cccc4c3c2)cc1.c1ccc(-c2cccc3c2oc2c(-c4ccccc4-c4cccc5oc6c7ccccc7n(-c7ccccc7)c6c45)cccc23)cc1.c1ccc(-c2cccc3c2oc2cccc(-c4ccccc4-c4ccc5oc6c7ccccc7n(-c7ccccc7)c6c5c4)c23)cc1. The van der Waals surface area contributed by atoms with Crippen molar-refractivity contribution >= 4 is 165 Å². The van der Waals surface area contributed by atoms with Gasteiger partial charge in [-0.2, -0.15) is 0 Å². The largest absolute Gasteiger partial charge is 0.455 e.